The van der Waals surface area contributed by atoms with Gasteiger partial charge in [-0.15, -0.1) is 34.0 Å². The van der Waals surface area contributed by atoms with Crippen molar-refractivity contribution in [2.45, 2.75) is 178 Å². The zero-order valence-electron chi connectivity index (χ0n) is 49.1. The number of imidazole rings is 2. The van der Waals surface area contributed by atoms with Crippen LogP contribution in [0.5, 0.6) is 0 Å². The number of pyridine rings is 3. The SMILES string of the molecule is CC(C)c1ccccc1.CC(C)c1ccccn1.CC(C)c1cccnc1.CC(C)c1ccncc1.CC(C)c1cnc[nH]1.CC(C)c1cscn1.CC(C)c1ncc[nH]1.CC(C)c1nccs1.CC(C)c1nccs1. The van der Waals surface area contributed by atoms with Crippen LogP contribution in [0.25, 0.3) is 0 Å². The van der Waals surface area contributed by atoms with Crippen LogP contribution in [0.2, 0.25) is 0 Å². The van der Waals surface area contributed by atoms with Gasteiger partial charge in [0.15, 0.2) is 0 Å². The molecule has 2 N–H and O–H groups in total. The van der Waals surface area contributed by atoms with Gasteiger partial charge in [0.25, 0.3) is 0 Å². The van der Waals surface area contributed by atoms with Crippen molar-refractivity contribution in [3.8, 4) is 0 Å². The predicted octanol–water partition coefficient (Wildman–Crippen LogP) is 19.3. The molecule has 0 fully saturated rings. The number of rotatable bonds is 9. The Balaban J connectivity index is 0.000000428. The second-order valence-electron chi connectivity index (χ2n) is 20.3. The second-order valence-corrected chi connectivity index (χ2v) is 22.8. The Hall–Kier alpha value is -6.02. The van der Waals surface area contributed by atoms with Crippen LogP contribution < -0.4 is 0 Å². The summed E-state index contributed by atoms with van der Waals surface area (Å²) in [6, 6.07) is 24.7. The summed E-state index contributed by atoms with van der Waals surface area (Å²) < 4.78 is 0. The summed E-state index contributed by atoms with van der Waals surface area (Å²) >= 11 is 5.10. The van der Waals surface area contributed by atoms with Gasteiger partial charge < -0.3 is 9.97 Å². The van der Waals surface area contributed by atoms with E-state index in [4.69, 9.17) is 0 Å². The van der Waals surface area contributed by atoms with E-state index in [1.54, 1.807) is 52.7 Å². The molecule has 9 rings (SSSR count). The summed E-state index contributed by atoms with van der Waals surface area (Å²) in [6.45, 7) is 38.8. The number of H-pyrrole nitrogens is 2. The van der Waals surface area contributed by atoms with E-state index in [9.17, 15) is 0 Å². The topological polar surface area (TPSA) is 135 Å². The van der Waals surface area contributed by atoms with Crippen molar-refractivity contribution in [1.82, 2.24) is 49.8 Å². The lowest BCUT2D eigenvalue weighted by Crippen LogP contribution is -1.88. The quantitative estimate of drug-likeness (QED) is 0.146. The largest absolute Gasteiger partial charge is 0.348 e. The zero-order chi connectivity index (χ0) is 56.7. The maximum atomic E-state index is 4.18. The summed E-state index contributed by atoms with van der Waals surface area (Å²) in [5.74, 6) is 6.34. The molecule has 0 bridgehead atoms. The molecule has 9 aromatic rings. The molecule has 10 nitrogen and oxygen atoms in total. The number of thiazole rings is 3. The third-order valence-corrected chi connectivity index (χ3v) is 13.4. The maximum absolute atomic E-state index is 4.18. The highest BCUT2D eigenvalue weighted by Gasteiger charge is 2.01. The van der Waals surface area contributed by atoms with Gasteiger partial charge in [-0.05, 0) is 82.5 Å². The number of nitrogens with one attached hydrogen (secondary N) is 2. The minimum Gasteiger partial charge on any atom is -0.348 e. The van der Waals surface area contributed by atoms with Crippen LogP contribution in [-0.2, 0) is 0 Å². The first kappa shape index (κ1) is 68.0. The van der Waals surface area contributed by atoms with Crippen molar-refractivity contribution >= 4 is 34.0 Å². The fourth-order valence-corrected chi connectivity index (χ4v) is 7.77. The molecule has 8 heterocycles. The Labute approximate surface area is 471 Å². The number of hydrogen-bond donors (Lipinski definition) is 2. The van der Waals surface area contributed by atoms with Crippen LogP contribution in [0.3, 0.4) is 0 Å². The molecular formula is C63H92N10S3. The lowest BCUT2D eigenvalue weighted by atomic mass is 10.0. The summed E-state index contributed by atoms with van der Waals surface area (Å²) in [4.78, 5) is 38.5. The monoisotopic (exact) mass is 1080 g/mol. The molecule has 0 aliphatic heterocycles. The van der Waals surface area contributed by atoms with E-state index in [-0.39, 0.29) is 0 Å². The molecule has 0 aliphatic rings. The van der Waals surface area contributed by atoms with E-state index < -0.39 is 0 Å². The Kier molecular flexibility index (Phi) is 36.8. The Morgan fingerprint density at radius 3 is 1.18 bits per heavy atom. The number of benzene rings is 1. The predicted molar refractivity (Wildman–Crippen MR) is 329 cm³/mol. The molecule has 0 spiro atoms. The average Bonchev–Trinajstić information content (AvgIpc) is 4.29. The fourth-order valence-electron chi connectivity index (χ4n) is 5.74. The van der Waals surface area contributed by atoms with Gasteiger partial charge in [0.2, 0.25) is 0 Å². The molecule has 0 aliphatic carbocycles. The van der Waals surface area contributed by atoms with Crippen LogP contribution in [0.4, 0.5) is 0 Å². The molecule has 0 atom stereocenters. The van der Waals surface area contributed by atoms with E-state index in [0.717, 1.165) is 11.5 Å². The molecule has 76 heavy (non-hydrogen) atoms. The molecule has 0 saturated carbocycles. The van der Waals surface area contributed by atoms with E-state index >= 15 is 0 Å². The third kappa shape index (κ3) is 32.4. The molecule has 8 aromatic heterocycles. The minimum absolute atomic E-state index is 0.519. The summed E-state index contributed by atoms with van der Waals surface area (Å²) in [5, 5.41) is 8.56. The lowest BCUT2D eigenvalue weighted by Gasteiger charge is -2.01. The van der Waals surface area contributed by atoms with E-state index in [1.807, 2.05) is 108 Å². The van der Waals surface area contributed by atoms with Gasteiger partial charge in [0, 0.05) is 107 Å². The van der Waals surface area contributed by atoms with Gasteiger partial charge in [0.05, 0.1) is 27.5 Å². The van der Waals surface area contributed by atoms with Crippen LogP contribution in [0, 0.1) is 0 Å². The van der Waals surface area contributed by atoms with Gasteiger partial charge in [-0.25, -0.2) is 24.9 Å². The lowest BCUT2D eigenvalue weighted by molar-refractivity contribution is 0.794. The van der Waals surface area contributed by atoms with Crippen molar-refractivity contribution < 1.29 is 0 Å². The van der Waals surface area contributed by atoms with Crippen molar-refractivity contribution in [3.05, 3.63) is 212 Å². The number of nitrogens with zero attached hydrogens (tertiary/aromatic N) is 8. The number of aromatic amines is 2. The van der Waals surface area contributed by atoms with Crippen LogP contribution in [-0.4, -0.2) is 49.8 Å². The highest BCUT2D eigenvalue weighted by atomic mass is 32.1. The standard InChI is InChI=1S/C9H12.3C8H11N.2C6H10N2.3C6H9NS/c1-8(2)9-6-4-3-5-7-9;1-7(2)8-3-5-9-6-4-8;1-7(2)8-4-3-5-9-6-8;1-7(2)8-5-3-4-6-9-8;1-5(2)6-3-7-4-8-6;1-5(2)6-7-3-4-8-6;1-5(2)6-3-8-4-7-6;2*1-5(2)6-7-3-4-8-6/h3-8H,1-2H3;3*3-7H,1-2H3;2*3-5H,1-2H3,(H,7,8);3*3-5H,1-2H3. The van der Waals surface area contributed by atoms with Crippen LogP contribution in [0.1, 0.15) is 228 Å². The first-order valence-electron chi connectivity index (χ1n) is 26.6. The zero-order valence-corrected chi connectivity index (χ0v) is 51.5. The summed E-state index contributed by atoms with van der Waals surface area (Å²) in [6.07, 6.45) is 20.1. The third-order valence-electron chi connectivity index (χ3n) is 10.6. The van der Waals surface area contributed by atoms with E-state index in [0.29, 0.717) is 53.3 Å². The van der Waals surface area contributed by atoms with Gasteiger partial charge in [-0.3, -0.25) is 15.0 Å². The summed E-state index contributed by atoms with van der Waals surface area (Å²) in [7, 11) is 0. The first-order valence-corrected chi connectivity index (χ1v) is 29.3. The molecule has 1 aromatic carbocycles. The molecular weight excluding hydrogens is 993 g/mol. The second kappa shape index (κ2) is 41.2. The highest BCUT2D eigenvalue weighted by molar-refractivity contribution is 7.09. The Morgan fingerprint density at radius 1 is 0.368 bits per heavy atom. The van der Waals surface area contributed by atoms with Crippen molar-refractivity contribution in [2.75, 3.05) is 0 Å². The molecule has 13 heteroatoms. The first-order chi connectivity index (χ1) is 36.2. The minimum atomic E-state index is 0.519. The molecule has 0 amide bonds. The van der Waals surface area contributed by atoms with E-state index in [1.165, 1.54) is 38.1 Å². The molecule has 0 saturated heterocycles. The molecule has 0 unspecified atom stereocenters. The molecule has 412 valence electrons. The Bertz CT molecular complexity index is 2150. The highest BCUT2D eigenvalue weighted by Crippen LogP contribution is 2.17. The summed E-state index contributed by atoms with van der Waals surface area (Å²) in [5.41, 5.74) is 9.51. The average molecular weight is 1090 g/mol. The van der Waals surface area contributed by atoms with Crippen molar-refractivity contribution in [2.24, 2.45) is 0 Å². The van der Waals surface area contributed by atoms with Gasteiger partial charge in [0.1, 0.15) is 5.82 Å². The Morgan fingerprint density at radius 2 is 0.921 bits per heavy atom. The van der Waals surface area contributed by atoms with E-state index in [2.05, 4.69) is 210 Å². The number of aromatic nitrogens is 10. The van der Waals surface area contributed by atoms with Gasteiger partial charge >= 0.3 is 0 Å². The smallest absolute Gasteiger partial charge is 0.108 e. The van der Waals surface area contributed by atoms with Crippen molar-refractivity contribution in [1.29, 1.82) is 0 Å². The van der Waals surface area contributed by atoms with Crippen LogP contribution in [0.15, 0.2) is 163 Å². The van der Waals surface area contributed by atoms with Gasteiger partial charge in [-0.1, -0.05) is 167 Å². The molecule has 0 radical (unpaired) electrons. The normalized spacial score (nSPS) is 10.2. The fraction of sp³-hybridized carbons (Fsp3) is 0.429. The van der Waals surface area contributed by atoms with Crippen molar-refractivity contribution in [3.63, 3.8) is 0 Å². The maximum Gasteiger partial charge on any atom is 0.108 e. The number of hydrogen-bond acceptors (Lipinski definition) is 11. The van der Waals surface area contributed by atoms with Gasteiger partial charge in [-0.2, -0.15) is 0 Å². The van der Waals surface area contributed by atoms with Crippen LogP contribution >= 0.6 is 34.0 Å².